The topological polar surface area (TPSA) is 15.3 Å². The van der Waals surface area contributed by atoms with Crippen LogP contribution in [-0.2, 0) is 0 Å². The van der Waals surface area contributed by atoms with Crippen LogP contribution in [0.15, 0.2) is 0 Å². The van der Waals surface area contributed by atoms with Crippen molar-refractivity contribution in [3.8, 4) is 0 Å². The first-order valence-electron chi connectivity index (χ1n) is 6.85. The second-order valence-corrected chi connectivity index (χ2v) is 5.27. The van der Waals surface area contributed by atoms with Gasteiger partial charge in [-0.1, -0.05) is 13.3 Å². The van der Waals surface area contributed by atoms with Gasteiger partial charge in [0.05, 0.1) is 0 Å². The summed E-state index contributed by atoms with van der Waals surface area (Å²) < 4.78 is 0. The van der Waals surface area contributed by atoms with Crippen molar-refractivity contribution in [3.63, 3.8) is 0 Å². The molecule has 2 aliphatic rings. The molecule has 2 heterocycles. The standard InChI is InChI=1S/C13H26N2/c1-2-4-12-5-3-10-15(11-12)13-6-8-14-9-7-13/h12-14H,2-11H2,1H3. The molecular weight excluding hydrogens is 184 g/mol. The van der Waals surface area contributed by atoms with E-state index in [1.165, 1.54) is 64.7 Å². The van der Waals surface area contributed by atoms with E-state index in [4.69, 9.17) is 0 Å². The number of piperidine rings is 2. The van der Waals surface area contributed by atoms with Crippen LogP contribution in [0.4, 0.5) is 0 Å². The van der Waals surface area contributed by atoms with Crippen molar-refractivity contribution in [1.82, 2.24) is 10.2 Å². The van der Waals surface area contributed by atoms with Crippen molar-refractivity contribution >= 4 is 0 Å². The fourth-order valence-corrected chi connectivity index (χ4v) is 3.24. The van der Waals surface area contributed by atoms with Gasteiger partial charge in [0.15, 0.2) is 0 Å². The van der Waals surface area contributed by atoms with E-state index in [1.807, 2.05) is 0 Å². The maximum absolute atomic E-state index is 3.46. The molecule has 2 rings (SSSR count). The first kappa shape index (κ1) is 11.4. The van der Waals surface area contributed by atoms with Gasteiger partial charge in [-0.25, -0.2) is 0 Å². The van der Waals surface area contributed by atoms with Crippen LogP contribution in [0.3, 0.4) is 0 Å². The van der Waals surface area contributed by atoms with Crippen molar-refractivity contribution < 1.29 is 0 Å². The zero-order valence-corrected chi connectivity index (χ0v) is 10.2. The monoisotopic (exact) mass is 210 g/mol. The van der Waals surface area contributed by atoms with Gasteiger partial charge >= 0.3 is 0 Å². The van der Waals surface area contributed by atoms with Crippen molar-refractivity contribution in [2.45, 2.75) is 51.5 Å². The summed E-state index contributed by atoms with van der Waals surface area (Å²) in [6.07, 6.45) is 8.48. The molecule has 88 valence electrons. The van der Waals surface area contributed by atoms with Crippen LogP contribution in [0.1, 0.15) is 45.4 Å². The zero-order chi connectivity index (χ0) is 10.5. The SMILES string of the molecule is CCCC1CCCN(C2CCNCC2)C1. The van der Waals surface area contributed by atoms with Crippen LogP contribution >= 0.6 is 0 Å². The predicted octanol–water partition coefficient (Wildman–Crippen LogP) is 2.25. The molecule has 0 spiro atoms. The Balaban J connectivity index is 1.80. The highest BCUT2D eigenvalue weighted by atomic mass is 15.2. The molecule has 15 heavy (non-hydrogen) atoms. The Kier molecular flexibility index (Phi) is 4.45. The van der Waals surface area contributed by atoms with E-state index in [0.29, 0.717) is 0 Å². The van der Waals surface area contributed by atoms with E-state index in [9.17, 15) is 0 Å². The molecule has 2 fully saturated rings. The van der Waals surface area contributed by atoms with Crippen LogP contribution in [0, 0.1) is 5.92 Å². The average molecular weight is 210 g/mol. The van der Waals surface area contributed by atoms with Gasteiger partial charge in [-0.05, 0) is 57.7 Å². The minimum atomic E-state index is 0.894. The summed E-state index contributed by atoms with van der Waals surface area (Å²) in [6, 6.07) is 0.894. The van der Waals surface area contributed by atoms with Gasteiger partial charge in [0, 0.05) is 12.6 Å². The van der Waals surface area contributed by atoms with Crippen molar-refractivity contribution in [1.29, 1.82) is 0 Å². The lowest BCUT2D eigenvalue weighted by molar-refractivity contribution is 0.0991. The first-order valence-corrected chi connectivity index (χ1v) is 6.85. The normalized spacial score (nSPS) is 30.6. The fourth-order valence-electron chi connectivity index (χ4n) is 3.24. The molecule has 2 saturated heterocycles. The van der Waals surface area contributed by atoms with E-state index < -0.39 is 0 Å². The van der Waals surface area contributed by atoms with Crippen LogP contribution < -0.4 is 5.32 Å². The van der Waals surface area contributed by atoms with Crippen LogP contribution in [0.5, 0.6) is 0 Å². The van der Waals surface area contributed by atoms with Gasteiger partial charge in [0.2, 0.25) is 0 Å². The highest BCUT2D eigenvalue weighted by molar-refractivity contribution is 4.82. The molecule has 0 bridgehead atoms. The second kappa shape index (κ2) is 5.86. The fraction of sp³-hybridized carbons (Fsp3) is 1.00. The molecule has 2 aliphatic heterocycles. The van der Waals surface area contributed by atoms with Gasteiger partial charge in [-0.2, -0.15) is 0 Å². The van der Waals surface area contributed by atoms with E-state index >= 15 is 0 Å². The smallest absolute Gasteiger partial charge is 0.0119 e. The number of nitrogens with zero attached hydrogens (tertiary/aromatic N) is 1. The van der Waals surface area contributed by atoms with Gasteiger partial charge in [0.25, 0.3) is 0 Å². The molecule has 2 heteroatoms. The molecule has 1 atom stereocenters. The number of hydrogen-bond donors (Lipinski definition) is 1. The van der Waals surface area contributed by atoms with Gasteiger partial charge in [-0.15, -0.1) is 0 Å². The Morgan fingerprint density at radius 3 is 2.73 bits per heavy atom. The quantitative estimate of drug-likeness (QED) is 0.768. The Morgan fingerprint density at radius 2 is 2.00 bits per heavy atom. The molecule has 0 aromatic rings. The maximum atomic E-state index is 3.46. The molecule has 1 N–H and O–H groups in total. The van der Waals surface area contributed by atoms with Crippen molar-refractivity contribution in [3.05, 3.63) is 0 Å². The minimum absolute atomic E-state index is 0.894. The van der Waals surface area contributed by atoms with E-state index in [0.717, 1.165) is 12.0 Å². The van der Waals surface area contributed by atoms with Crippen LogP contribution in [-0.4, -0.2) is 37.1 Å². The third-order valence-electron chi connectivity index (χ3n) is 4.07. The summed E-state index contributed by atoms with van der Waals surface area (Å²) in [5.41, 5.74) is 0. The van der Waals surface area contributed by atoms with E-state index in [-0.39, 0.29) is 0 Å². The van der Waals surface area contributed by atoms with Gasteiger partial charge < -0.3 is 10.2 Å². The van der Waals surface area contributed by atoms with E-state index in [2.05, 4.69) is 17.1 Å². The highest BCUT2D eigenvalue weighted by Crippen LogP contribution is 2.24. The van der Waals surface area contributed by atoms with Crippen molar-refractivity contribution in [2.24, 2.45) is 5.92 Å². The first-order chi connectivity index (χ1) is 7.40. The molecule has 0 aliphatic carbocycles. The Hall–Kier alpha value is -0.0800. The molecule has 0 aromatic heterocycles. The second-order valence-electron chi connectivity index (χ2n) is 5.27. The predicted molar refractivity (Wildman–Crippen MR) is 65.1 cm³/mol. The number of hydrogen-bond acceptors (Lipinski definition) is 2. The summed E-state index contributed by atoms with van der Waals surface area (Å²) in [7, 11) is 0. The lowest BCUT2D eigenvalue weighted by Crippen LogP contribution is -2.47. The zero-order valence-electron chi connectivity index (χ0n) is 10.2. The summed E-state index contributed by atoms with van der Waals surface area (Å²) >= 11 is 0. The molecule has 0 amide bonds. The largest absolute Gasteiger partial charge is 0.317 e. The minimum Gasteiger partial charge on any atom is -0.317 e. The molecule has 1 unspecified atom stereocenters. The molecule has 0 aromatic carbocycles. The van der Waals surface area contributed by atoms with Crippen molar-refractivity contribution in [2.75, 3.05) is 26.2 Å². The summed E-state index contributed by atoms with van der Waals surface area (Å²) in [4.78, 5) is 2.78. The average Bonchev–Trinajstić information content (AvgIpc) is 2.31. The van der Waals surface area contributed by atoms with Crippen LogP contribution in [0.25, 0.3) is 0 Å². The molecule has 2 nitrogen and oxygen atoms in total. The summed E-state index contributed by atoms with van der Waals surface area (Å²) in [5, 5.41) is 3.46. The molecular formula is C13H26N2. The lowest BCUT2D eigenvalue weighted by Gasteiger charge is -2.40. The van der Waals surface area contributed by atoms with Crippen LogP contribution in [0.2, 0.25) is 0 Å². The third kappa shape index (κ3) is 3.18. The van der Waals surface area contributed by atoms with Gasteiger partial charge in [-0.3, -0.25) is 0 Å². The molecule has 0 radical (unpaired) electrons. The van der Waals surface area contributed by atoms with E-state index in [1.54, 1.807) is 0 Å². The third-order valence-corrected chi connectivity index (χ3v) is 4.07. The summed E-state index contributed by atoms with van der Waals surface area (Å²) in [6.45, 7) is 7.55. The number of likely N-dealkylation sites (tertiary alicyclic amines) is 1. The Bertz CT molecular complexity index is 173. The lowest BCUT2D eigenvalue weighted by atomic mass is 9.91. The molecule has 0 saturated carbocycles. The summed E-state index contributed by atoms with van der Waals surface area (Å²) in [5.74, 6) is 0.999. The number of nitrogens with one attached hydrogen (secondary N) is 1. The highest BCUT2D eigenvalue weighted by Gasteiger charge is 2.26. The Morgan fingerprint density at radius 1 is 1.20 bits per heavy atom. The maximum Gasteiger partial charge on any atom is 0.0119 e. The number of rotatable bonds is 3. The van der Waals surface area contributed by atoms with Gasteiger partial charge in [0.1, 0.15) is 0 Å². The Labute approximate surface area is 94.4 Å².